The molecule has 0 aliphatic rings. The summed E-state index contributed by atoms with van der Waals surface area (Å²) in [5.74, 6) is -0.956. The lowest BCUT2D eigenvalue weighted by atomic mass is 9.99. The molecule has 2 aromatic rings. The van der Waals surface area contributed by atoms with Crippen LogP contribution < -0.4 is 0 Å². The second-order valence-electron chi connectivity index (χ2n) is 5.19. The van der Waals surface area contributed by atoms with E-state index in [9.17, 15) is 4.79 Å². The average Bonchev–Trinajstić information content (AvgIpc) is 2.48. The molecule has 0 bridgehead atoms. The monoisotopic (exact) mass is 268 g/mol. The molecule has 2 heteroatoms. The van der Waals surface area contributed by atoms with Crippen molar-refractivity contribution in [2.24, 2.45) is 5.92 Å². The van der Waals surface area contributed by atoms with Crippen LogP contribution in [0.15, 0.2) is 54.6 Å². The predicted octanol–water partition coefficient (Wildman–Crippen LogP) is 4.40. The van der Waals surface area contributed by atoms with Crippen LogP contribution in [-0.2, 0) is 11.2 Å². The van der Waals surface area contributed by atoms with E-state index in [0.717, 1.165) is 19.3 Å². The molecule has 0 saturated carbocycles. The van der Waals surface area contributed by atoms with E-state index in [-0.39, 0.29) is 5.92 Å². The quantitative estimate of drug-likeness (QED) is 0.843. The molecule has 0 heterocycles. The van der Waals surface area contributed by atoms with Gasteiger partial charge < -0.3 is 5.11 Å². The highest BCUT2D eigenvalue weighted by molar-refractivity contribution is 5.69. The summed E-state index contributed by atoms with van der Waals surface area (Å²) in [5, 5.41) is 8.84. The SMILES string of the molecule is C[C@H](CCCc1ccc(-c2ccccc2)cc1)C(=O)O. The van der Waals surface area contributed by atoms with Gasteiger partial charge in [-0.25, -0.2) is 0 Å². The Balaban J connectivity index is 1.91. The van der Waals surface area contributed by atoms with Crippen LogP contribution in [0.3, 0.4) is 0 Å². The molecule has 0 radical (unpaired) electrons. The lowest BCUT2D eigenvalue weighted by Crippen LogP contribution is -2.09. The van der Waals surface area contributed by atoms with E-state index in [4.69, 9.17) is 5.11 Å². The van der Waals surface area contributed by atoms with Crippen LogP contribution in [0.1, 0.15) is 25.3 Å². The number of aliphatic carboxylic acids is 1. The number of hydrogen-bond acceptors (Lipinski definition) is 1. The van der Waals surface area contributed by atoms with E-state index in [1.807, 2.05) is 18.2 Å². The van der Waals surface area contributed by atoms with Gasteiger partial charge in [-0.1, -0.05) is 61.5 Å². The molecule has 0 aliphatic carbocycles. The Kier molecular flexibility index (Phi) is 4.94. The average molecular weight is 268 g/mol. The number of carboxylic acid groups (broad SMARTS) is 1. The van der Waals surface area contributed by atoms with Crippen molar-refractivity contribution in [3.8, 4) is 11.1 Å². The van der Waals surface area contributed by atoms with Gasteiger partial charge in [0, 0.05) is 0 Å². The minimum atomic E-state index is -0.704. The van der Waals surface area contributed by atoms with Crippen molar-refractivity contribution in [1.82, 2.24) is 0 Å². The van der Waals surface area contributed by atoms with Gasteiger partial charge in [0.2, 0.25) is 0 Å². The lowest BCUT2D eigenvalue weighted by molar-refractivity contribution is -0.141. The topological polar surface area (TPSA) is 37.3 Å². The number of carboxylic acids is 1. The minimum Gasteiger partial charge on any atom is -0.481 e. The third-order valence-corrected chi connectivity index (χ3v) is 3.59. The Hall–Kier alpha value is -2.09. The molecular weight excluding hydrogens is 248 g/mol. The van der Waals surface area contributed by atoms with Gasteiger partial charge in [-0.15, -0.1) is 0 Å². The van der Waals surface area contributed by atoms with Crippen molar-refractivity contribution in [3.05, 3.63) is 60.2 Å². The van der Waals surface area contributed by atoms with Crippen LogP contribution in [0.4, 0.5) is 0 Å². The smallest absolute Gasteiger partial charge is 0.306 e. The fourth-order valence-electron chi connectivity index (χ4n) is 2.23. The van der Waals surface area contributed by atoms with Crippen molar-refractivity contribution in [1.29, 1.82) is 0 Å². The summed E-state index contributed by atoms with van der Waals surface area (Å²) >= 11 is 0. The Morgan fingerprint density at radius 1 is 1.00 bits per heavy atom. The number of benzene rings is 2. The van der Waals surface area contributed by atoms with Crippen LogP contribution >= 0.6 is 0 Å². The van der Waals surface area contributed by atoms with E-state index >= 15 is 0 Å². The number of rotatable bonds is 6. The zero-order valence-corrected chi connectivity index (χ0v) is 11.8. The van der Waals surface area contributed by atoms with Gasteiger partial charge in [0.15, 0.2) is 0 Å². The fourth-order valence-corrected chi connectivity index (χ4v) is 2.23. The first-order chi connectivity index (χ1) is 9.66. The maximum Gasteiger partial charge on any atom is 0.306 e. The van der Waals surface area contributed by atoms with Crippen molar-refractivity contribution in [2.75, 3.05) is 0 Å². The molecule has 0 saturated heterocycles. The predicted molar refractivity (Wildman–Crippen MR) is 81.6 cm³/mol. The third kappa shape index (κ3) is 3.95. The molecule has 20 heavy (non-hydrogen) atoms. The van der Waals surface area contributed by atoms with E-state index < -0.39 is 5.97 Å². The molecule has 0 aromatic heterocycles. The molecule has 1 atom stereocenters. The highest BCUT2D eigenvalue weighted by atomic mass is 16.4. The largest absolute Gasteiger partial charge is 0.481 e. The normalized spacial score (nSPS) is 12.1. The third-order valence-electron chi connectivity index (χ3n) is 3.59. The summed E-state index contributed by atoms with van der Waals surface area (Å²) in [6.45, 7) is 1.76. The van der Waals surface area contributed by atoms with Gasteiger partial charge in [-0.3, -0.25) is 4.79 Å². The fraction of sp³-hybridized carbons (Fsp3) is 0.278. The van der Waals surface area contributed by atoms with Gasteiger partial charge in [-0.2, -0.15) is 0 Å². The van der Waals surface area contributed by atoms with Crippen molar-refractivity contribution >= 4 is 5.97 Å². The van der Waals surface area contributed by atoms with E-state index in [2.05, 4.69) is 36.4 Å². The first-order valence-corrected chi connectivity index (χ1v) is 7.04. The number of hydrogen-bond donors (Lipinski definition) is 1. The standard InChI is InChI=1S/C18H20O2/c1-14(18(19)20)6-5-7-15-10-12-17(13-11-15)16-8-3-2-4-9-16/h2-4,8-14H,5-7H2,1H3,(H,19,20)/t14-/m1/s1. The summed E-state index contributed by atoms with van der Waals surface area (Å²) in [6, 6.07) is 18.8. The Bertz CT molecular complexity index is 543. The van der Waals surface area contributed by atoms with E-state index in [1.54, 1.807) is 6.92 Å². The maximum atomic E-state index is 10.7. The maximum absolute atomic E-state index is 10.7. The van der Waals surface area contributed by atoms with Crippen molar-refractivity contribution in [2.45, 2.75) is 26.2 Å². The van der Waals surface area contributed by atoms with Gasteiger partial charge in [0.25, 0.3) is 0 Å². The molecule has 0 unspecified atom stereocenters. The summed E-state index contributed by atoms with van der Waals surface area (Å²) < 4.78 is 0. The molecule has 2 aromatic carbocycles. The number of aryl methyl sites for hydroxylation is 1. The molecule has 2 nitrogen and oxygen atoms in total. The van der Waals surface area contributed by atoms with Crippen molar-refractivity contribution in [3.63, 3.8) is 0 Å². The molecule has 0 aliphatic heterocycles. The Morgan fingerprint density at radius 3 is 2.20 bits per heavy atom. The van der Waals surface area contributed by atoms with Gasteiger partial charge >= 0.3 is 5.97 Å². The van der Waals surface area contributed by atoms with E-state index in [1.165, 1.54) is 16.7 Å². The van der Waals surface area contributed by atoms with Crippen LogP contribution in [0.25, 0.3) is 11.1 Å². The zero-order chi connectivity index (χ0) is 14.4. The molecule has 2 rings (SSSR count). The molecular formula is C18H20O2. The summed E-state index contributed by atoms with van der Waals surface area (Å²) in [4.78, 5) is 10.7. The van der Waals surface area contributed by atoms with Crippen LogP contribution in [0.5, 0.6) is 0 Å². The van der Waals surface area contributed by atoms with Gasteiger partial charge in [0.05, 0.1) is 5.92 Å². The molecule has 0 amide bonds. The highest BCUT2D eigenvalue weighted by Gasteiger charge is 2.09. The highest BCUT2D eigenvalue weighted by Crippen LogP contribution is 2.20. The van der Waals surface area contributed by atoms with E-state index in [0.29, 0.717) is 0 Å². The van der Waals surface area contributed by atoms with Crippen LogP contribution in [0.2, 0.25) is 0 Å². The summed E-state index contributed by atoms with van der Waals surface area (Å²) in [7, 11) is 0. The summed E-state index contributed by atoms with van der Waals surface area (Å²) in [6.07, 6.45) is 2.58. The first kappa shape index (κ1) is 14.3. The first-order valence-electron chi connectivity index (χ1n) is 7.04. The lowest BCUT2D eigenvalue weighted by Gasteiger charge is -2.07. The summed E-state index contributed by atoms with van der Waals surface area (Å²) in [5.41, 5.74) is 3.70. The molecule has 104 valence electrons. The zero-order valence-electron chi connectivity index (χ0n) is 11.8. The van der Waals surface area contributed by atoms with Gasteiger partial charge in [0.1, 0.15) is 0 Å². The number of carbonyl (C=O) groups is 1. The van der Waals surface area contributed by atoms with Crippen molar-refractivity contribution < 1.29 is 9.90 Å². The molecule has 0 fully saturated rings. The van der Waals surface area contributed by atoms with Crippen LogP contribution in [0, 0.1) is 5.92 Å². The Labute approximate surface area is 120 Å². The second-order valence-corrected chi connectivity index (χ2v) is 5.19. The minimum absolute atomic E-state index is 0.251. The second kappa shape index (κ2) is 6.90. The van der Waals surface area contributed by atoms with Crippen LogP contribution in [-0.4, -0.2) is 11.1 Å². The Morgan fingerprint density at radius 2 is 1.60 bits per heavy atom. The molecule has 0 spiro atoms. The molecule has 1 N–H and O–H groups in total. The van der Waals surface area contributed by atoms with Gasteiger partial charge in [-0.05, 0) is 36.0 Å².